The molecule has 0 fully saturated rings. The van der Waals surface area contributed by atoms with Crippen molar-refractivity contribution < 1.29 is 18.0 Å². The molecule has 3 heterocycles. The topological polar surface area (TPSA) is 85.8 Å². The molecule has 0 saturated heterocycles. The minimum Gasteiger partial charge on any atom is -0.368 e. The number of hydrogen-bond acceptors (Lipinski definition) is 4. The molecule has 0 spiro atoms. The van der Waals surface area contributed by atoms with Gasteiger partial charge in [-0.05, 0) is 25.5 Å². The van der Waals surface area contributed by atoms with Crippen LogP contribution >= 0.6 is 0 Å². The number of nitrogen functional groups attached to an aromatic ring is 1. The second kappa shape index (κ2) is 6.38. The number of anilines is 1. The van der Waals surface area contributed by atoms with E-state index in [2.05, 4.69) is 15.3 Å². The van der Waals surface area contributed by atoms with Crippen LogP contribution in [0.3, 0.4) is 0 Å². The van der Waals surface area contributed by atoms with Crippen molar-refractivity contribution in [3.8, 4) is 11.4 Å². The van der Waals surface area contributed by atoms with Crippen molar-refractivity contribution in [1.82, 2.24) is 19.9 Å². The van der Waals surface area contributed by atoms with Gasteiger partial charge >= 0.3 is 6.18 Å². The highest BCUT2D eigenvalue weighted by atomic mass is 19.4. The number of hydrogen-bond donors (Lipinski definition) is 2. The number of fused-ring (bicyclic) bond motifs is 1. The Morgan fingerprint density at radius 3 is 2.84 bits per heavy atom. The van der Waals surface area contributed by atoms with Gasteiger partial charge in [0.1, 0.15) is 0 Å². The van der Waals surface area contributed by atoms with Gasteiger partial charge in [0.15, 0.2) is 0 Å². The molecule has 1 aliphatic heterocycles. The summed E-state index contributed by atoms with van der Waals surface area (Å²) in [6.07, 6.45) is -3.69. The summed E-state index contributed by atoms with van der Waals surface area (Å²) in [6.45, 7) is 2.57. The van der Waals surface area contributed by atoms with Gasteiger partial charge in [-0.3, -0.25) is 4.79 Å². The summed E-state index contributed by atoms with van der Waals surface area (Å²) in [4.78, 5) is 20.2. The van der Waals surface area contributed by atoms with E-state index in [1.807, 2.05) is 11.5 Å². The van der Waals surface area contributed by atoms with Gasteiger partial charge in [-0.2, -0.15) is 13.2 Å². The van der Waals surface area contributed by atoms with Crippen LogP contribution in [-0.2, 0) is 6.54 Å². The van der Waals surface area contributed by atoms with Crippen molar-refractivity contribution in [3.05, 3.63) is 29.6 Å². The maximum Gasteiger partial charge on any atom is 0.389 e. The maximum absolute atomic E-state index is 12.6. The second-order valence-electron chi connectivity index (χ2n) is 5.93. The van der Waals surface area contributed by atoms with Crippen molar-refractivity contribution in [3.63, 3.8) is 0 Å². The molecule has 1 amide bonds. The molecule has 0 aliphatic carbocycles. The third-order valence-electron chi connectivity index (χ3n) is 4.31. The zero-order valence-electron chi connectivity index (χ0n) is 13.6. The van der Waals surface area contributed by atoms with E-state index in [0.717, 1.165) is 0 Å². The molecule has 3 N–H and O–H groups in total. The Morgan fingerprint density at radius 1 is 1.44 bits per heavy atom. The summed E-state index contributed by atoms with van der Waals surface area (Å²) in [5, 5.41) is 2.67. The predicted octanol–water partition coefficient (Wildman–Crippen LogP) is 2.72. The molecular weight excluding hydrogens is 335 g/mol. The van der Waals surface area contributed by atoms with Crippen molar-refractivity contribution in [1.29, 1.82) is 0 Å². The lowest BCUT2D eigenvalue weighted by molar-refractivity contribution is -0.136. The van der Waals surface area contributed by atoms with Gasteiger partial charge in [0.2, 0.25) is 5.95 Å². The monoisotopic (exact) mass is 353 g/mol. The highest BCUT2D eigenvalue weighted by molar-refractivity contribution is 5.98. The van der Waals surface area contributed by atoms with Crippen LogP contribution in [0.2, 0.25) is 0 Å². The molecule has 9 heteroatoms. The summed E-state index contributed by atoms with van der Waals surface area (Å²) in [6, 6.07) is 3.32. The zero-order valence-corrected chi connectivity index (χ0v) is 13.6. The summed E-state index contributed by atoms with van der Waals surface area (Å²) in [5.41, 5.74) is 7.83. The fourth-order valence-corrected chi connectivity index (χ4v) is 3.24. The fraction of sp³-hybridized carbons (Fsp3) is 0.438. The summed E-state index contributed by atoms with van der Waals surface area (Å²) in [5.74, 6) is -0.589. The van der Waals surface area contributed by atoms with Crippen LogP contribution in [0.4, 0.5) is 19.1 Å². The van der Waals surface area contributed by atoms with Crippen LogP contribution in [0.5, 0.6) is 0 Å². The third kappa shape index (κ3) is 3.45. The van der Waals surface area contributed by atoms with E-state index in [-0.39, 0.29) is 24.8 Å². The van der Waals surface area contributed by atoms with Crippen LogP contribution in [0, 0.1) is 0 Å². The molecule has 2 aromatic rings. The van der Waals surface area contributed by atoms with Gasteiger partial charge in [0.25, 0.3) is 5.91 Å². The molecule has 3 rings (SSSR count). The summed E-state index contributed by atoms with van der Waals surface area (Å²) >= 11 is 0. The summed E-state index contributed by atoms with van der Waals surface area (Å²) in [7, 11) is 0. The molecule has 1 aliphatic rings. The first-order valence-corrected chi connectivity index (χ1v) is 7.97. The van der Waals surface area contributed by atoms with Crippen LogP contribution in [0.1, 0.15) is 41.7 Å². The smallest absolute Gasteiger partial charge is 0.368 e. The van der Waals surface area contributed by atoms with E-state index in [9.17, 15) is 18.0 Å². The Bertz CT molecular complexity index is 800. The van der Waals surface area contributed by atoms with E-state index in [1.165, 1.54) is 6.20 Å². The molecule has 0 aromatic carbocycles. The van der Waals surface area contributed by atoms with Crippen molar-refractivity contribution >= 4 is 11.9 Å². The van der Waals surface area contributed by atoms with Crippen LogP contribution in [-0.4, -0.2) is 33.2 Å². The van der Waals surface area contributed by atoms with Gasteiger partial charge in [-0.15, -0.1) is 0 Å². The number of halogens is 3. The lowest BCUT2D eigenvalue weighted by Gasteiger charge is -2.26. The molecule has 0 saturated carbocycles. The van der Waals surface area contributed by atoms with Crippen LogP contribution < -0.4 is 11.1 Å². The minimum absolute atomic E-state index is 0.0772. The standard InChI is InChI=1S/C16H18F3N5O/c1-2-24-12(11-4-6-21-15(20)23-11)7-10-13(24)9(8-22-14(10)25)3-5-16(17,18)19/h4,6-7,9H,2-3,5,8H2,1H3,(H,22,25)(H2,20,21,23). The highest BCUT2D eigenvalue weighted by Gasteiger charge is 2.35. The van der Waals surface area contributed by atoms with Crippen LogP contribution in [0.15, 0.2) is 18.3 Å². The van der Waals surface area contributed by atoms with Gasteiger partial charge in [0, 0.05) is 37.3 Å². The Labute approximate surface area is 142 Å². The molecule has 2 aromatic heterocycles. The zero-order chi connectivity index (χ0) is 18.2. The molecule has 0 bridgehead atoms. The average Bonchev–Trinajstić information content (AvgIpc) is 2.94. The molecule has 1 unspecified atom stereocenters. The molecule has 134 valence electrons. The maximum atomic E-state index is 12.6. The number of nitrogens with one attached hydrogen (secondary N) is 1. The molecule has 25 heavy (non-hydrogen) atoms. The number of carbonyl (C=O) groups excluding carboxylic acids is 1. The average molecular weight is 353 g/mol. The SMILES string of the molecule is CCn1c(-c2ccnc(N)n2)cc2c1C(CCC(F)(F)F)CNC2=O. The summed E-state index contributed by atoms with van der Waals surface area (Å²) < 4.78 is 39.8. The van der Waals surface area contributed by atoms with E-state index in [4.69, 9.17) is 5.73 Å². The van der Waals surface area contributed by atoms with Crippen molar-refractivity contribution in [2.45, 2.75) is 38.4 Å². The quantitative estimate of drug-likeness (QED) is 0.885. The largest absolute Gasteiger partial charge is 0.389 e. The van der Waals surface area contributed by atoms with Gasteiger partial charge in [0.05, 0.1) is 17.0 Å². The Kier molecular flexibility index (Phi) is 4.40. The lowest BCUT2D eigenvalue weighted by atomic mass is 9.92. The normalized spacial score (nSPS) is 17.3. The second-order valence-corrected chi connectivity index (χ2v) is 5.93. The fourth-order valence-electron chi connectivity index (χ4n) is 3.24. The number of nitrogens with two attached hydrogens (primary N) is 1. The Morgan fingerprint density at radius 2 is 2.20 bits per heavy atom. The van der Waals surface area contributed by atoms with Crippen molar-refractivity contribution in [2.75, 3.05) is 12.3 Å². The number of carbonyl (C=O) groups is 1. The predicted molar refractivity (Wildman–Crippen MR) is 85.9 cm³/mol. The number of amides is 1. The lowest BCUT2D eigenvalue weighted by Crippen LogP contribution is -2.36. The van der Waals surface area contributed by atoms with E-state index in [0.29, 0.717) is 29.2 Å². The molecule has 6 nitrogen and oxygen atoms in total. The minimum atomic E-state index is -4.23. The Balaban J connectivity index is 2.06. The van der Waals surface area contributed by atoms with E-state index in [1.54, 1.807) is 12.1 Å². The van der Waals surface area contributed by atoms with Gasteiger partial charge in [-0.1, -0.05) is 0 Å². The molecule has 1 atom stereocenters. The van der Waals surface area contributed by atoms with E-state index >= 15 is 0 Å². The highest BCUT2D eigenvalue weighted by Crippen LogP contribution is 2.36. The first-order valence-electron chi connectivity index (χ1n) is 7.97. The third-order valence-corrected chi connectivity index (χ3v) is 4.31. The number of nitrogens with zero attached hydrogens (tertiary/aromatic N) is 3. The first-order chi connectivity index (χ1) is 11.8. The van der Waals surface area contributed by atoms with Gasteiger partial charge in [-0.25, -0.2) is 9.97 Å². The van der Waals surface area contributed by atoms with Crippen LogP contribution in [0.25, 0.3) is 11.4 Å². The Hall–Kier alpha value is -2.58. The number of rotatable bonds is 4. The van der Waals surface area contributed by atoms with Crippen molar-refractivity contribution in [2.24, 2.45) is 0 Å². The molecule has 0 radical (unpaired) electrons. The molecular formula is C16H18F3N5O. The number of aromatic nitrogens is 3. The first kappa shape index (κ1) is 17.2. The number of alkyl halides is 3. The van der Waals surface area contributed by atoms with Gasteiger partial charge < -0.3 is 15.6 Å². The van der Waals surface area contributed by atoms with E-state index < -0.39 is 18.5 Å².